The molecule has 0 spiro atoms. The van der Waals surface area contributed by atoms with Crippen LogP contribution in [0.4, 0.5) is 0 Å². The molecule has 2 N–H and O–H groups in total. The Balaban J connectivity index is 2.35. The Labute approximate surface area is 99.0 Å². The average Bonchev–Trinajstić information content (AvgIpc) is 2.25. The molecule has 0 aromatic heterocycles. The molecular formula is C15H23N. The molecule has 0 radical (unpaired) electrons. The summed E-state index contributed by atoms with van der Waals surface area (Å²) in [6, 6.07) is 9.22. The van der Waals surface area contributed by atoms with Crippen molar-refractivity contribution < 1.29 is 0 Å². The van der Waals surface area contributed by atoms with Gasteiger partial charge in [0.1, 0.15) is 0 Å². The number of aryl methyl sites for hydroxylation is 1. The van der Waals surface area contributed by atoms with Gasteiger partial charge in [-0.05, 0) is 48.6 Å². The standard InChI is InChI=1S/C15H23N/c1-11-6-4-5-7-14(11)15(3)9-8-13(16)10-12(15)2/h4-7,12-13H,8-10,16H2,1-3H3. The highest BCUT2D eigenvalue weighted by atomic mass is 14.7. The van der Waals surface area contributed by atoms with Crippen molar-refractivity contribution >= 4 is 0 Å². The summed E-state index contributed by atoms with van der Waals surface area (Å²) in [6.07, 6.45) is 3.54. The Hall–Kier alpha value is -0.820. The van der Waals surface area contributed by atoms with Crippen LogP contribution in [-0.2, 0) is 5.41 Å². The van der Waals surface area contributed by atoms with Crippen LogP contribution in [0.3, 0.4) is 0 Å². The maximum atomic E-state index is 6.06. The lowest BCUT2D eigenvalue weighted by molar-refractivity contribution is 0.201. The average molecular weight is 217 g/mol. The first-order chi connectivity index (χ1) is 7.54. The summed E-state index contributed by atoms with van der Waals surface area (Å²) in [6.45, 7) is 6.99. The minimum absolute atomic E-state index is 0.321. The van der Waals surface area contributed by atoms with E-state index in [1.54, 1.807) is 0 Å². The molecule has 1 fully saturated rings. The minimum Gasteiger partial charge on any atom is -0.328 e. The van der Waals surface area contributed by atoms with Gasteiger partial charge >= 0.3 is 0 Å². The predicted octanol–water partition coefficient (Wildman–Crippen LogP) is 3.40. The highest BCUT2D eigenvalue weighted by Gasteiger charge is 2.38. The Morgan fingerprint density at radius 3 is 2.62 bits per heavy atom. The summed E-state index contributed by atoms with van der Waals surface area (Å²) in [5.74, 6) is 0.678. The van der Waals surface area contributed by atoms with Gasteiger partial charge in [0.25, 0.3) is 0 Å². The SMILES string of the molecule is Cc1ccccc1C1(C)CCC(N)CC1C. The van der Waals surface area contributed by atoms with E-state index in [9.17, 15) is 0 Å². The van der Waals surface area contributed by atoms with Crippen molar-refractivity contribution in [2.45, 2.75) is 51.5 Å². The van der Waals surface area contributed by atoms with Crippen LogP contribution in [0.5, 0.6) is 0 Å². The van der Waals surface area contributed by atoms with E-state index in [1.165, 1.54) is 17.5 Å². The number of hydrogen-bond donors (Lipinski definition) is 1. The second-order valence-corrected chi connectivity index (χ2v) is 5.67. The Bertz CT molecular complexity index is 371. The van der Waals surface area contributed by atoms with E-state index in [2.05, 4.69) is 45.0 Å². The number of nitrogens with two attached hydrogens (primary N) is 1. The lowest BCUT2D eigenvalue weighted by Gasteiger charge is -2.43. The third kappa shape index (κ3) is 1.89. The van der Waals surface area contributed by atoms with E-state index >= 15 is 0 Å². The van der Waals surface area contributed by atoms with Gasteiger partial charge in [-0.15, -0.1) is 0 Å². The highest BCUT2D eigenvalue weighted by molar-refractivity contribution is 5.34. The zero-order valence-electron chi connectivity index (χ0n) is 10.7. The largest absolute Gasteiger partial charge is 0.328 e. The van der Waals surface area contributed by atoms with E-state index in [0.717, 1.165) is 12.8 Å². The molecule has 3 unspecified atom stereocenters. The maximum Gasteiger partial charge on any atom is 0.00420 e. The third-order valence-electron chi connectivity index (χ3n) is 4.54. The summed E-state index contributed by atoms with van der Waals surface area (Å²) in [5, 5.41) is 0. The molecule has 0 amide bonds. The zero-order valence-corrected chi connectivity index (χ0v) is 10.7. The summed E-state index contributed by atoms with van der Waals surface area (Å²) < 4.78 is 0. The second kappa shape index (κ2) is 4.21. The molecule has 1 aromatic carbocycles. The molecule has 1 aliphatic rings. The molecule has 0 saturated heterocycles. The van der Waals surface area contributed by atoms with Gasteiger partial charge in [-0.2, -0.15) is 0 Å². The van der Waals surface area contributed by atoms with Crippen LogP contribution in [0.15, 0.2) is 24.3 Å². The van der Waals surface area contributed by atoms with Crippen LogP contribution in [0.1, 0.15) is 44.2 Å². The zero-order chi connectivity index (χ0) is 11.8. The summed E-state index contributed by atoms with van der Waals surface area (Å²) in [4.78, 5) is 0. The molecule has 16 heavy (non-hydrogen) atoms. The van der Waals surface area contributed by atoms with Crippen molar-refractivity contribution in [2.24, 2.45) is 11.7 Å². The van der Waals surface area contributed by atoms with Gasteiger partial charge < -0.3 is 5.73 Å². The molecule has 1 nitrogen and oxygen atoms in total. The van der Waals surface area contributed by atoms with Gasteiger partial charge in [0.15, 0.2) is 0 Å². The van der Waals surface area contributed by atoms with Crippen molar-refractivity contribution in [3.8, 4) is 0 Å². The molecule has 1 aliphatic carbocycles. The Morgan fingerprint density at radius 1 is 1.31 bits per heavy atom. The molecule has 1 heteroatoms. The van der Waals surface area contributed by atoms with Crippen molar-refractivity contribution in [1.29, 1.82) is 0 Å². The number of hydrogen-bond acceptors (Lipinski definition) is 1. The first-order valence-corrected chi connectivity index (χ1v) is 6.36. The van der Waals surface area contributed by atoms with Crippen LogP contribution in [0, 0.1) is 12.8 Å². The molecule has 2 rings (SSSR count). The van der Waals surface area contributed by atoms with Crippen LogP contribution < -0.4 is 5.73 Å². The molecule has 0 aliphatic heterocycles. The van der Waals surface area contributed by atoms with E-state index in [0.29, 0.717) is 17.4 Å². The second-order valence-electron chi connectivity index (χ2n) is 5.67. The topological polar surface area (TPSA) is 26.0 Å². The van der Waals surface area contributed by atoms with Gasteiger partial charge in [0, 0.05) is 6.04 Å². The van der Waals surface area contributed by atoms with Gasteiger partial charge in [-0.25, -0.2) is 0 Å². The molecular weight excluding hydrogens is 194 g/mol. The summed E-state index contributed by atoms with van der Waals surface area (Å²) >= 11 is 0. The van der Waals surface area contributed by atoms with E-state index < -0.39 is 0 Å². The van der Waals surface area contributed by atoms with Gasteiger partial charge in [-0.1, -0.05) is 38.1 Å². The molecule has 0 bridgehead atoms. The summed E-state index contributed by atoms with van der Waals surface area (Å²) in [7, 11) is 0. The van der Waals surface area contributed by atoms with Crippen LogP contribution in [0.2, 0.25) is 0 Å². The summed E-state index contributed by atoms with van der Waals surface area (Å²) in [5.41, 5.74) is 9.33. The lowest BCUT2D eigenvalue weighted by atomic mass is 9.62. The Kier molecular flexibility index (Phi) is 3.07. The normalized spacial score (nSPS) is 35.0. The smallest absolute Gasteiger partial charge is 0.00420 e. The van der Waals surface area contributed by atoms with Crippen molar-refractivity contribution in [2.75, 3.05) is 0 Å². The van der Waals surface area contributed by atoms with Crippen molar-refractivity contribution in [3.05, 3.63) is 35.4 Å². The van der Waals surface area contributed by atoms with Crippen LogP contribution >= 0.6 is 0 Å². The fourth-order valence-corrected chi connectivity index (χ4v) is 3.18. The molecule has 3 atom stereocenters. The molecule has 88 valence electrons. The van der Waals surface area contributed by atoms with E-state index in [-0.39, 0.29) is 0 Å². The number of benzene rings is 1. The fraction of sp³-hybridized carbons (Fsp3) is 0.600. The third-order valence-corrected chi connectivity index (χ3v) is 4.54. The van der Waals surface area contributed by atoms with Crippen molar-refractivity contribution in [3.63, 3.8) is 0 Å². The fourth-order valence-electron chi connectivity index (χ4n) is 3.18. The Morgan fingerprint density at radius 2 is 2.00 bits per heavy atom. The highest BCUT2D eigenvalue weighted by Crippen LogP contribution is 2.43. The first kappa shape index (κ1) is 11.7. The molecule has 1 saturated carbocycles. The molecule has 0 heterocycles. The van der Waals surface area contributed by atoms with Gasteiger partial charge in [0.05, 0.1) is 0 Å². The lowest BCUT2D eigenvalue weighted by Crippen LogP contribution is -2.41. The first-order valence-electron chi connectivity index (χ1n) is 6.36. The predicted molar refractivity (Wildman–Crippen MR) is 69.5 cm³/mol. The quantitative estimate of drug-likeness (QED) is 0.766. The minimum atomic E-state index is 0.321. The van der Waals surface area contributed by atoms with Crippen LogP contribution in [0.25, 0.3) is 0 Å². The van der Waals surface area contributed by atoms with Crippen LogP contribution in [-0.4, -0.2) is 6.04 Å². The van der Waals surface area contributed by atoms with Gasteiger partial charge in [-0.3, -0.25) is 0 Å². The number of rotatable bonds is 1. The van der Waals surface area contributed by atoms with E-state index in [1.807, 2.05) is 0 Å². The maximum absolute atomic E-state index is 6.06. The van der Waals surface area contributed by atoms with E-state index in [4.69, 9.17) is 5.73 Å². The van der Waals surface area contributed by atoms with Gasteiger partial charge in [0.2, 0.25) is 0 Å². The van der Waals surface area contributed by atoms with Crippen molar-refractivity contribution in [1.82, 2.24) is 0 Å². The monoisotopic (exact) mass is 217 g/mol. The molecule has 1 aromatic rings.